The molecule has 1 aliphatic heterocycles. The van der Waals surface area contributed by atoms with Crippen LogP contribution in [0.4, 0.5) is 0 Å². The molecule has 9 heteroatoms. The molecule has 3 aliphatic carbocycles. The van der Waals surface area contributed by atoms with Gasteiger partial charge in [0.1, 0.15) is 6.04 Å². The first kappa shape index (κ1) is 25.8. The van der Waals surface area contributed by atoms with E-state index in [0.29, 0.717) is 30.9 Å². The molecule has 2 amide bonds. The number of amides is 2. The normalized spacial score (nSPS) is 33.0. The summed E-state index contributed by atoms with van der Waals surface area (Å²) in [6.45, 7) is 0. The SMILES string of the molecule is N#CC(NC(=O)C1CCC(NC(=O)CC2CCC(S(=O)(=O)CC3CC3)CC2)CC1)C1CCCS1. The van der Waals surface area contributed by atoms with Gasteiger partial charge in [0.2, 0.25) is 11.8 Å². The van der Waals surface area contributed by atoms with E-state index in [-0.39, 0.29) is 40.2 Å². The van der Waals surface area contributed by atoms with Crippen LogP contribution in [0.1, 0.15) is 83.5 Å². The van der Waals surface area contributed by atoms with Crippen molar-refractivity contribution in [2.45, 2.75) is 106 Å². The van der Waals surface area contributed by atoms with Gasteiger partial charge >= 0.3 is 0 Å². The first-order valence-electron chi connectivity index (χ1n) is 13.2. The summed E-state index contributed by atoms with van der Waals surface area (Å²) in [6, 6.07) is 1.96. The van der Waals surface area contributed by atoms with Gasteiger partial charge in [-0.2, -0.15) is 17.0 Å². The minimum atomic E-state index is -2.97. The van der Waals surface area contributed by atoms with Gasteiger partial charge < -0.3 is 10.6 Å². The van der Waals surface area contributed by atoms with Crippen LogP contribution in [-0.2, 0) is 19.4 Å². The second kappa shape index (κ2) is 11.6. The third-order valence-corrected chi connectivity index (χ3v) is 12.1. The van der Waals surface area contributed by atoms with Crippen LogP contribution in [-0.4, -0.2) is 54.3 Å². The number of rotatable bonds is 9. The highest BCUT2D eigenvalue weighted by molar-refractivity contribution is 8.00. The van der Waals surface area contributed by atoms with Crippen molar-refractivity contribution in [1.82, 2.24) is 10.6 Å². The summed E-state index contributed by atoms with van der Waals surface area (Å²) in [5.74, 6) is 2.05. The molecule has 0 aromatic heterocycles. The number of nitrogens with zero attached hydrogens (tertiary/aromatic N) is 1. The molecule has 0 aromatic carbocycles. The predicted molar refractivity (Wildman–Crippen MR) is 134 cm³/mol. The Hall–Kier alpha value is -1.27. The van der Waals surface area contributed by atoms with Crippen molar-refractivity contribution in [2.75, 3.05) is 11.5 Å². The van der Waals surface area contributed by atoms with Crippen molar-refractivity contribution < 1.29 is 18.0 Å². The lowest BCUT2D eigenvalue weighted by Crippen LogP contribution is -2.45. The first-order valence-corrected chi connectivity index (χ1v) is 15.9. The van der Waals surface area contributed by atoms with Crippen molar-refractivity contribution in [1.29, 1.82) is 5.26 Å². The maximum atomic E-state index is 12.7. The molecule has 4 rings (SSSR count). The van der Waals surface area contributed by atoms with E-state index in [1.54, 1.807) is 11.8 Å². The van der Waals surface area contributed by atoms with Gasteiger partial charge in [-0.3, -0.25) is 9.59 Å². The van der Waals surface area contributed by atoms with E-state index in [1.165, 1.54) is 0 Å². The molecule has 1 saturated heterocycles. The summed E-state index contributed by atoms with van der Waals surface area (Å²) in [4.78, 5) is 25.3. The predicted octanol–water partition coefficient (Wildman–Crippen LogP) is 3.34. The van der Waals surface area contributed by atoms with Crippen LogP contribution < -0.4 is 10.6 Å². The largest absolute Gasteiger partial charge is 0.353 e. The maximum absolute atomic E-state index is 12.7. The summed E-state index contributed by atoms with van der Waals surface area (Å²) in [7, 11) is -2.97. The van der Waals surface area contributed by atoms with E-state index < -0.39 is 15.9 Å². The Morgan fingerprint density at radius 2 is 1.62 bits per heavy atom. The number of nitrogens with one attached hydrogen (secondary N) is 2. The molecule has 7 nitrogen and oxygen atoms in total. The van der Waals surface area contributed by atoms with Crippen molar-refractivity contribution in [3.05, 3.63) is 0 Å². The van der Waals surface area contributed by atoms with Crippen LogP contribution in [0.15, 0.2) is 0 Å². The lowest BCUT2D eigenvalue weighted by atomic mass is 9.84. The fourth-order valence-corrected chi connectivity index (χ4v) is 9.38. The zero-order chi connectivity index (χ0) is 24.1. The lowest BCUT2D eigenvalue weighted by molar-refractivity contribution is -0.126. The first-order chi connectivity index (χ1) is 16.3. The van der Waals surface area contributed by atoms with Gasteiger partial charge in [-0.25, -0.2) is 8.42 Å². The van der Waals surface area contributed by atoms with Crippen molar-refractivity contribution in [2.24, 2.45) is 17.8 Å². The molecular weight excluding hydrogens is 470 g/mol. The second-order valence-electron chi connectivity index (χ2n) is 10.9. The van der Waals surface area contributed by atoms with E-state index in [0.717, 1.165) is 70.0 Å². The number of sulfone groups is 1. The molecule has 4 fully saturated rings. The molecule has 0 spiro atoms. The molecule has 0 radical (unpaired) electrons. The number of nitriles is 1. The Morgan fingerprint density at radius 1 is 0.941 bits per heavy atom. The Bertz CT molecular complexity index is 861. The molecule has 1 heterocycles. The lowest BCUT2D eigenvalue weighted by Gasteiger charge is -2.31. The molecular formula is C25H39N3O4S2. The number of hydrogen-bond donors (Lipinski definition) is 2. The molecule has 4 aliphatic rings. The quantitative estimate of drug-likeness (QED) is 0.492. The summed E-state index contributed by atoms with van der Waals surface area (Å²) in [5.41, 5.74) is 0. The standard InChI is InChI=1S/C25H39N3O4S2/c26-15-22(23-2-1-13-33-23)28-25(30)19-7-9-20(10-8-19)27-24(29)14-17-5-11-21(12-6-17)34(31,32)16-18-3-4-18/h17-23H,1-14,16H2,(H,27,29)(H,28,30). The summed E-state index contributed by atoms with van der Waals surface area (Å²) in [5, 5.41) is 15.6. The minimum absolute atomic E-state index is 0.0165. The van der Waals surface area contributed by atoms with Gasteiger partial charge in [-0.05, 0) is 94.6 Å². The van der Waals surface area contributed by atoms with E-state index in [1.807, 2.05) is 0 Å². The average molecular weight is 510 g/mol. The van der Waals surface area contributed by atoms with Gasteiger partial charge in [0.25, 0.3) is 0 Å². The number of carbonyl (C=O) groups is 2. The number of hydrogen-bond acceptors (Lipinski definition) is 6. The highest BCUT2D eigenvalue weighted by Gasteiger charge is 2.36. The van der Waals surface area contributed by atoms with Gasteiger partial charge in [-0.15, -0.1) is 0 Å². The molecule has 190 valence electrons. The van der Waals surface area contributed by atoms with E-state index in [4.69, 9.17) is 0 Å². The smallest absolute Gasteiger partial charge is 0.224 e. The van der Waals surface area contributed by atoms with Gasteiger partial charge in [0.05, 0.1) is 17.1 Å². The summed E-state index contributed by atoms with van der Waals surface area (Å²) < 4.78 is 25.0. The third-order valence-electron chi connectivity index (χ3n) is 8.18. The van der Waals surface area contributed by atoms with Crippen LogP contribution >= 0.6 is 11.8 Å². The van der Waals surface area contributed by atoms with E-state index >= 15 is 0 Å². The summed E-state index contributed by atoms with van der Waals surface area (Å²) in [6.07, 6.45) is 10.7. The third kappa shape index (κ3) is 7.13. The molecule has 2 atom stereocenters. The van der Waals surface area contributed by atoms with Crippen LogP contribution in [0.25, 0.3) is 0 Å². The Labute approximate surface area is 208 Å². The van der Waals surface area contributed by atoms with Gasteiger partial charge in [0, 0.05) is 23.6 Å². The van der Waals surface area contributed by atoms with Crippen molar-refractivity contribution in [3.8, 4) is 6.07 Å². The molecule has 34 heavy (non-hydrogen) atoms. The monoisotopic (exact) mass is 509 g/mol. The zero-order valence-electron chi connectivity index (χ0n) is 20.0. The van der Waals surface area contributed by atoms with Crippen LogP contribution in [0.5, 0.6) is 0 Å². The van der Waals surface area contributed by atoms with Gasteiger partial charge in [-0.1, -0.05) is 0 Å². The molecule has 3 saturated carbocycles. The topological polar surface area (TPSA) is 116 Å². The zero-order valence-corrected chi connectivity index (χ0v) is 21.7. The minimum Gasteiger partial charge on any atom is -0.353 e. The van der Waals surface area contributed by atoms with E-state index in [9.17, 15) is 23.3 Å². The Morgan fingerprint density at radius 3 is 2.21 bits per heavy atom. The van der Waals surface area contributed by atoms with Crippen molar-refractivity contribution in [3.63, 3.8) is 0 Å². The van der Waals surface area contributed by atoms with Crippen LogP contribution in [0.3, 0.4) is 0 Å². The molecule has 0 bridgehead atoms. The van der Waals surface area contributed by atoms with Gasteiger partial charge in [0.15, 0.2) is 9.84 Å². The Kier molecular flexibility index (Phi) is 8.84. The maximum Gasteiger partial charge on any atom is 0.224 e. The summed E-state index contributed by atoms with van der Waals surface area (Å²) >= 11 is 1.78. The molecule has 2 N–H and O–H groups in total. The molecule has 0 aromatic rings. The fourth-order valence-electron chi connectivity index (χ4n) is 5.84. The average Bonchev–Trinajstić information content (AvgIpc) is 3.45. The van der Waals surface area contributed by atoms with Crippen LogP contribution in [0, 0.1) is 29.1 Å². The Balaban J connectivity index is 1.13. The highest BCUT2D eigenvalue weighted by atomic mass is 32.2. The highest BCUT2D eigenvalue weighted by Crippen LogP contribution is 2.36. The van der Waals surface area contributed by atoms with E-state index in [2.05, 4.69) is 16.7 Å². The number of carbonyl (C=O) groups excluding carboxylic acids is 2. The van der Waals surface area contributed by atoms with Crippen LogP contribution in [0.2, 0.25) is 0 Å². The van der Waals surface area contributed by atoms with Crippen molar-refractivity contribution >= 4 is 33.4 Å². The second-order valence-corrected chi connectivity index (χ2v) is 14.6. The number of thioether (sulfide) groups is 1. The fraction of sp³-hybridized carbons (Fsp3) is 0.880. The molecule has 2 unspecified atom stereocenters.